The molecule has 2 rings (SSSR count). The molecular formula is C20H31BrN2O3. The summed E-state index contributed by atoms with van der Waals surface area (Å²) in [5.41, 5.74) is 0.766. The molecule has 6 heteroatoms. The van der Waals surface area contributed by atoms with E-state index < -0.39 is 5.60 Å². The Morgan fingerprint density at radius 3 is 2.62 bits per heavy atom. The summed E-state index contributed by atoms with van der Waals surface area (Å²) in [6.45, 7) is 11.9. The van der Waals surface area contributed by atoms with E-state index in [0.717, 1.165) is 42.7 Å². The van der Waals surface area contributed by atoms with E-state index in [1.54, 1.807) is 0 Å². The molecule has 1 aliphatic heterocycles. The lowest BCUT2D eigenvalue weighted by Crippen LogP contribution is -2.40. The summed E-state index contributed by atoms with van der Waals surface area (Å²) in [7, 11) is 0. The summed E-state index contributed by atoms with van der Waals surface area (Å²) < 4.78 is 12.1. The van der Waals surface area contributed by atoms with Gasteiger partial charge in [-0.3, -0.25) is 4.90 Å². The minimum absolute atomic E-state index is 0.324. The molecule has 1 saturated heterocycles. The van der Waals surface area contributed by atoms with E-state index in [0.29, 0.717) is 19.1 Å². The van der Waals surface area contributed by atoms with Gasteiger partial charge in [0.25, 0.3) is 0 Å². The lowest BCUT2D eigenvalue weighted by molar-refractivity contribution is 0.0509. The van der Waals surface area contributed by atoms with Gasteiger partial charge in [-0.15, -0.1) is 0 Å². The second-order valence-corrected chi connectivity index (χ2v) is 8.62. The van der Waals surface area contributed by atoms with Crippen LogP contribution in [0.4, 0.5) is 4.79 Å². The lowest BCUT2D eigenvalue weighted by Gasteiger charge is -2.32. The minimum Gasteiger partial charge on any atom is -0.492 e. The van der Waals surface area contributed by atoms with E-state index in [1.165, 1.54) is 5.56 Å². The molecule has 1 aromatic carbocycles. The van der Waals surface area contributed by atoms with E-state index in [-0.39, 0.29) is 6.09 Å². The van der Waals surface area contributed by atoms with Gasteiger partial charge in [-0.05, 0) is 81.5 Å². The van der Waals surface area contributed by atoms with Gasteiger partial charge in [0.1, 0.15) is 11.4 Å². The van der Waals surface area contributed by atoms with Gasteiger partial charge < -0.3 is 14.8 Å². The predicted octanol–water partition coefficient (Wildman–Crippen LogP) is 4.58. The Morgan fingerprint density at radius 2 is 2.00 bits per heavy atom. The van der Waals surface area contributed by atoms with Crippen LogP contribution in [-0.2, 0) is 11.3 Å². The Hall–Kier alpha value is -1.27. The fourth-order valence-electron chi connectivity index (χ4n) is 3.12. The van der Waals surface area contributed by atoms with Crippen molar-refractivity contribution in [3.63, 3.8) is 0 Å². The quantitative estimate of drug-likeness (QED) is 0.722. The lowest BCUT2D eigenvalue weighted by atomic mass is 9.96. The van der Waals surface area contributed by atoms with E-state index in [2.05, 4.69) is 38.3 Å². The molecule has 146 valence electrons. The van der Waals surface area contributed by atoms with Crippen LogP contribution in [0.3, 0.4) is 0 Å². The Balaban J connectivity index is 1.79. The topological polar surface area (TPSA) is 50.8 Å². The van der Waals surface area contributed by atoms with Crippen LogP contribution in [0.15, 0.2) is 22.7 Å². The molecule has 0 aromatic heterocycles. The third-order valence-corrected chi connectivity index (χ3v) is 5.00. The molecule has 1 amide bonds. The number of likely N-dealkylation sites (tertiary alicyclic amines) is 1. The highest BCUT2D eigenvalue weighted by molar-refractivity contribution is 9.10. The third kappa shape index (κ3) is 6.80. The number of nitrogens with one attached hydrogen (secondary N) is 1. The molecule has 1 N–H and O–H groups in total. The number of carbonyl (C=O) groups is 1. The molecule has 1 aliphatic rings. The Morgan fingerprint density at radius 1 is 1.31 bits per heavy atom. The number of hydrogen-bond donors (Lipinski definition) is 1. The van der Waals surface area contributed by atoms with E-state index in [1.807, 2.05) is 33.8 Å². The molecule has 1 aromatic rings. The number of carbonyl (C=O) groups excluding carboxylic acids is 1. The standard InChI is InChI=1S/C20H31BrN2O3/c1-5-25-18-16(7-6-8-17(18)21)14-23-11-9-15(10-12-23)13-22-19(24)26-20(2,3)4/h6-8,15H,5,9-14H2,1-4H3,(H,22,24). The van der Waals surface area contributed by atoms with Crippen LogP contribution in [0.2, 0.25) is 0 Å². The number of alkyl carbamates (subject to hydrolysis) is 1. The van der Waals surface area contributed by atoms with Crippen molar-refractivity contribution >= 4 is 22.0 Å². The van der Waals surface area contributed by atoms with Crippen molar-refractivity contribution in [1.82, 2.24) is 10.2 Å². The maximum atomic E-state index is 11.8. The Bertz CT molecular complexity index is 593. The van der Waals surface area contributed by atoms with Gasteiger partial charge >= 0.3 is 6.09 Å². The normalized spacial score (nSPS) is 16.3. The van der Waals surface area contributed by atoms with Crippen molar-refractivity contribution in [3.8, 4) is 5.75 Å². The van der Waals surface area contributed by atoms with Gasteiger partial charge in [-0.25, -0.2) is 4.79 Å². The summed E-state index contributed by atoms with van der Waals surface area (Å²) in [5, 5.41) is 2.90. The molecule has 0 bridgehead atoms. The fourth-order valence-corrected chi connectivity index (χ4v) is 3.64. The maximum absolute atomic E-state index is 11.8. The van der Waals surface area contributed by atoms with Crippen molar-refractivity contribution < 1.29 is 14.3 Å². The summed E-state index contributed by atoms with van der Waals surface area (Å²) in [5.74, 6) is 1.45. The number of ether oxygens (including phenoxy) is 2. The number of rotatable bonds is 6. The summed E-state index contributed by atoms with van der Waals surface area (Å²) in [6, 6.07) is 6.20. The van der Waals surface area contributed by atoms with E-state index >= 15 is 0 Å². The number of hydrogen-bond acceptors (Lipinski definition) is 4. The number of nitrogens with zero attached hydrogens (tertiary/aromatic N) is 1. The maximum Gasteiger partial charge on any atom is 0.407 e. The van der Waals surface area contributed by atoms with Crippen LogP contribution in [0, 0.1) is 5.92 Å². The van der Waals surface area contributed by atoms with Crippen LogP contribution in [-0.4, -0.2) is 42.8 Å². The highest BCUT2D eigenvalue weighted by Gasteiger charge is 2.22. The highest BCUT2D eigenvalue weighted by atomic mass is 79.9. The zero-order valence-electron chi connectivity index (χ0n) is 16.3. The average molecular weight is 427 g/mol. The average Bonchev–Trinajstić information content (AvgIpc) is 2.56. The van der Waals surface area contributed by atoms with Crippen LogP contribution in [0.1, 0.15) is 46.1 Å². The first-order valence-corrected chi connectivity index (χ1v) is 10.2. The SMILES string of the molecule is CCOc1c(Br)cccc1CN1CCC(CNC(=O)OC(C)(C)C)CC1. The number of piperidine rings is 1. The Kier molecular flexibility index (Phi) is 7.77. The fraction of sp³-hybridized carbons (Fsp3) is 0.650. The van der Waals surface area contributed by atoms with Crippen molar-refractivity contribution in [1.29, 1.82) is 0 Å². The molecule has 1 fully saturated rings. The van der Waals surface area contributed by atoms with Crippen LogP contribution in [0.5, 0.6) is 5.75 Å². The van der Waals surface area contributed by atoms with Crippen molar-refractivity contribution in [2.45, 2.75) is 52.7 Å². The van der Waals surface area contributed by atoms with E-state index in [9.17, 15) is 4.79 Å². The zero-order valence-corrected chi connectivity index (χ0v) is 17.9. The zero-order chi connectivity index (χ0) is 19.2. The van der Waals surface area contributed by atoms with Crippen LogP contribution < -0.4 is 10.1 Å². The second-order valence-electron chi connectivity index (χ2n) is 7.76. The first kappa shape index (κ1) is 21.0. The molecule has 0 aliphatic carbocycles. The third-order valence-electron chi connectivity index (χ3n) is 4.37. The number of amides is 1. The molecular weight excluding hydrogens is 396 g/mol. The smallest absolute Gasteiger partial charge is 0.407 e. The first-order chi connectivity index (χ1) is 12.3. The summed E-state index contributed by atoms with van der Waals surface area (Å²) >= 11 is 3.58. The van der Waals surface area contributed by atoms with Crippen molar-refractivity contribution in [2.24, 2.45) is 5.92 Å². The van der Waals surface area contributed by atoms with Gasteiger partial charge in [0.2, 0.25) is 0 Å². The molecule has 0 radical (unpaired) electrons. The van der Waals surface area contributed by atoms with Crippen molar-refractivity contribution in [2.75, 3.05) is 26.2 Å². The molecule has 5 nitrogen and oxygen atoms in total. The number of benzene rings is 1. The summed E-state index contributed by atoms with van der Waals surface area (Å²) in [6.07, 6.45) is 1.83. The van der Waals surface area contributed by atoms with Crippen LogP contribution >= 0.6 is 15.9 Å². The minimum atomic E-state index is -0.449. The van der Waals surface area contributed by atoms with Crippen LogP contribution in [0.25, 0.3) is 0 Å². The monoisotopic (exact) mass is 426 g/mol. The Labute approximate surface area is 165 Å². The second kappa shape index (κ2) is 9.60. The van der Waals surface area contributed by atoms with E-state index in [4.69, 9.17) is 9.47 Å². The molecule has 1 heterocycles. The highest BCUT2D eigenvalue weighted by Crippen LogP contribution is 2.31. The first-order valence-electron chi connectivity index (χ1n) is 9.38. The number of para-hydroxylation sites is 1. The molecule has 0 spiro atoms. The molecule has 0 saturated carbocycles. The van der Waals surface area contributed by atoms with Gasteiger partial charge in [0.15, 0.2) is 0 Å². The molecule has 26 heavy (non-hydrogen) atoms. The number of halogens is 1. The van der Waals surface area contributed by atoms with Crippen molar-refractivity contribution in [3.05, 3.63) is 28.2 Å². The van der Waals surface area contributed by atoms with Gasteiger partial charge in [-0.2, -0.15) is 0 Å². The molecule has 0 atom stereocenters. The largest absolute Gasteiger partial charge is 0.492 e. The van der Waals surface area contributed by atoms with Gasteiger partial charge in [-0.1, -0.05) is 12.1 Å². The molecule has 0 unspecified atom stereocenters. The van der Waals surface area contributed by atoms with Gasteiger partial charge in [0, 0.05) is 18.7 Å². The predicted molar refractivity (Wildman–Crippen MR) is 108 cm³/mol. The summed E-state index contributed by atoms with van der Waals surface area (Å²) in [4.78, 5) is 14.2. The van der Waals surface area contributed by atoms with Gasteiger partial charge in [0.05, 0.1) is 11.1 Å².